The van der Waals surface area contributed by atoms with E-state index < -0.39 is 23.4 Å². The number of anilines is 1. The maximum absolute atomic E-state index is 11.7. The van der Waals surface area contributed by atoms with Crippen LogP contribution in [0.15, 0.2) is 36.5 Å². The number of hydrogen-bond acceptors (Lipinski definition) is 5. The molecule has 8 nitrogen and oxygen atoms in total. The number of amides is 1. The number of carbonyl (C=O) groups is 2. The second-order valence-electron chi connectivity index (χ2n) is 4.13. The van der Waals surface area contributed by atoms with Gasteiger partial charge in [-0.15, -0.1) is 0 Å². The van der Waals surface area contributed by atoms with Gasteiger partial charge in [-0.3, -0.25) is 14.9 Å². The normalized spacial score (nSPS) is 10.0. The number of hydrogen-bond donors (Lipinski definition) is 2. The molecular weight excluding hydrogens is 314 g/mol. The van der Waals surface area contributed by atoms with Crippen molar-refractivity contribution in [1.29, 1.82) is 0 Å². The number of rotatable bonds is 5. The minimum Gasteiger partial charge on any atom is -0.451 e. The molecule has 2 rings (SSSR count). The van der Waals surface area contributed by atoms with Gasteiger partial charge in [0.15, 0.2) is 6.61 Å². The Morgan fingerprint density at radius 2 is 2.14 bits per heavy atom. The topological polar surface area (TPSA) is 114 Å². The Morgan fingerprint density at radius 1 is 1.36 bits per heavy atom. The highest BCUT2D eigenvalue weighted by Crippen LogP contribution is 2.26. The number of halogens is 1. The molecule has 0 fully saturated rings. The monoisotopic (exact) mass is 323 g/mol. The maximum Gasteiger partial charge on any atom is 0.355 e. The van der Waals surface area contributed by atoms with Crippen LogP contribution in [-0.4, -0.2) is 28.4 Å². The number of ether oxygens (including phenoxy) is 1. The first-order valence-electron chi connectivity index (χ1n) is 6.01. The van der Waals surface area contributed by atoms with Crippen LogP contribution in [0, 0.1) is 10.1 Å². The summed E-state index contributed by atoms with van der Waals surface area (Å²) in [6.07, 6.45) is 1.55. The Bertz CT molecular complexity index is 714. The lowest BCUT2D eigenvalue weighted by Gasteiger charge is -2.07. The molecule has 1 aromatic heterocycles. The van der Waals surface area contributed by atoms with E-state index in [9.17, 15) is 19.7 Å². The summed E-state index contributed by atoms with van der Waals surface area (Å²) in [7, 11) is 0. The molecule has 1 amide bonds. The number of nitrogens with zero attached hydrogens (tertiary/aromatic N) is 1. The number of H-pyrrole nitrogens is 1. The van der Waals surface area contributed by atoms with Gasteiger partial charge in [0.2, 0.25) is 0 Å². The number of aromatic nitrogens is 1. The predicted molar refractivity (Wildman–Crippen MR) is 77.8 cm³/mol. The van der Waals surface area contributed by atoms with Gasteiger partial charge >= 0.3 is 5.97 Å². The van der Waals surface area contributed by atoms with Gasteiger partial charge in [0.25, 0.3) is 11.6 Å². The van der Waals surface area contributed by atoms with Gasteiger partial charge in [-0.2, -0.15) is 0 Å². The van der Waals surface area contributed by atoms with E-state index in [1.165, 1.54) is 18.2 Å². The minimum absolute atomic E-state index is 0.0123. The van der Waals surface area contributed by atoms with Gasteiger partial charge in [0, 0.05) is 18.3 Å². The van der Waals surface area contributed by atoms with Gasteiger partial charge in [-0.25, -0.2) is 4.79 Å². The summed E-state index contributed by atoms with van der Waals surface area (Å²) in [5.41, 5.74) is 0.218. The first kappa shape index (κ1) is 15.5. The molecule has 0 radical (unpaired) electrons. The van der Waals surface area contributed by atoms with Crippen LogP contribution in [0.4, 0.5) is 11.4 Å². The summed E-state index contributed by atoms with van der Waals surface area (Å²) >= 11 is 5.83. The third-order valence-corrected chi connectivity index (χ3v) is 2.90. The van der Waals surface area contributed by atoms with E-state index in [1.807, 2.05) is 0 Å². The van der Waals surface area contributed by atoms with Crippen molar-refractivity contribution < 1.29 is 19.2 Å². The van der Waals surface area contributed by atoms with Crippen LogP contribution >= 0.6 is 11.6 Å². The van der Waals surface area contributed by atoms with Crippen molar-refractivity contribution in [3.05, 3.63) is 57.4 Å². The first-order chi connectivity index (χ1) is 10.5. The van der Waals surface area contributed by atoms with E-state index in [0.717, 1.165) is 6.07 Å². The minimum atomic E-state index is -0.671. The molecule has 0 atom stereocenters. The summed E-state index contributed by atoms with van der Waals surface area (Å²) in [6.45, 7) is -0.509. The van der Waals surface area contributed by atoms with Crippen molar-refractivity contribution in [3.8, 4) is 0 Å². The highest BCUT2D eigenvalue weighted by atomic mass is 35.5. The third kappa shape index (κ3) is 3.83. The molecule has 0 saturated carbocycles. The van der Waals surface area contributed by atoms with Gasteiger partial charge in [0.1, 0.15) is 5.69 Å². The molecule has 0 saturated heterocycles. The lowest BCUT2D eigenvalue weighted by molar-refractivity contribution is -0.384. The van der Waals surface area contributed by atoms with Crippen LogP contribution in [0.1, 0.15) is 10.5 Å². The van der Waals surface area contributed by atoms with Crippen LogP contribution in [0.2, 0.25) is 5.02 Å². The van der Waals surface area contributed by atoms with Crippen molar-refractivity contribution in [3.63, 3.8) is 0 Å². The maximum atomic E-state index is 11.7. The van der Waals surface area contributed by atoms with Gasteiger partial charge in [-0.1, -0.05) is 11.6 Å². The fraction of sp³-hybridized carbons (Fsp3) is 0.0769. The molecule has 0 bridgehead atoms. The zero-order valence-corrected chi connectivity index (χ0v) is 11.8. The van der Waals surface area contributed by atoms with E-state index in [-0.39, 0.29) is 22.1 Å². The number of aromatic amines is 1. The predicted octanol–water partition coefficient (Wildman–Crippen LogP) is 2.37. The average Bonchev–Trinajstić information content (AvgIpc) is 3.01. The number of nitrogens with one attached hydrogen (secondary N) is 2. The molecule has 114 valence electrons. The largest absolute Gasteiger partial charge is 0.451 e. The highest BCUT2D eigenvalue weighted by Gasteiger charge is 2.14. The summed E-state index contributed by atoms with van der Waals surface area (Å²) in [6, 6.07) is 6.74. The van der Waals surface area contributed by atoms with Gasteiger partial charge in [0.05, 0.1) is 15.6 Å². The summed E-state index contributed by atoms with van der Waals surface area (Å²) < 4.78 is 4.79. The summed E-state index contributed by atoms with van der Waals surface area (Å²) in [5, 5.41) is 13.0. The number of nitro benzene ring substituents is 1. The smallest absolute Gasteiger partial charge is 0.355 e. The molecule has 22 heavy (non-hydrogen) atoms. The lowest BCUT2D eigenvalue weighted by atomic mass is 10.3. The zero-order chi connectivity index (χ0) is 16.1. The molecule has 0 aliphatic rings. The quantitative estimate of drug-likeness (QED) is 0.498. The van der Waals surface area contributed by atoms with Crippen molar-refractivity contribution in [1.82, 2.24) is 4.98 Å². The Kier molecular flexibility index (Phi) is 4.74. The number of esters is 1. The van der Waals surface area contributed by atoms with E-state index in [0.29, 0.717) is 0 Å². The fourth-order valence-corrected chi connectivity index (χ4v) is 1.79. The number of non-ortho nitro benzene ring substituents is 1. The van der Waals surface area contributed by atoms with Crippen LogP contribution < -0.4 is 5.32 Å². The number of carbonyl (C=O) groups excluding carboxylic acids is 2. The molecule has 1 heterocycles. The standard InChI is InChI=1S/C13H10ClN3O5/c14-9-6-8(17(20)21)3-4-10(9)16-12(18)7-22-13(19)11-2-1-5-15-11/h1-6,15H,7H2,(H,16,18). The second-order valence-corrected chi connectivity index (χ2v) is 4.54. The SMILES string of the molecule is O=C(COC(=O)c1ccc[nH]1)Nc1ccc([N+](=O)[O-])cc1Cl. The Balaban J connectivity index is 1.92. The van der Waals surface area contributed by atoms with E-state index >= 15 is 0 Å². The van der Waals surface area contributed by atoms with Crippen LogP contribution in [0.3, 0.4) is 0 Å². The van der Waals surface area contributed by atoms with E-state index in [2.05, 4.69) is 10.3 Å². The van der Waals surface area contributed by atoms with Crippen molar-refractivity contribution in [2.75, 3.05) is 11.9 Å². The third-order valence-electron chi connectivity index (χ3n) is 2.59. The number of nitro groups is 1. The molecular formula is C13H10ClN3O5. The van der Waals surface area contributed by atoms with Crippen LogP contribution in [-0.2, 0) is 9.53 Å². The van der Waals surface area contributed by atoms with Crippen molar-refractivity contribution in [2.24, 2.45) is 0 Å². The lowest BCUT2D eigenvalue weighted by Crippen LogP contribution is -2.21. The molecule has 9 heteroatoms. The molecule has 0 spiro atoms. The van der Waals surface area contributed by atoms with Crippen LogP contribution in [0.5, 0.6) is 0 Å². The fourth-order valence-electron chi connectivity index (χ4n) is 1.57. The summed E-state index contributed by atoms with van der Waals surface area (Å²) in [4.78, 5) is 35.8. The van der Waals surface area contributed by atoms with Crippen molar-refractivity contribution >= 4 is 34.9 Å². The van der Waals surface area contributed by atoms with Gasteiger partial charge < -0.3 is 15.0 Å². The zero-order valence-electron chi connectivity index (χ0n) is 11.0. The Hall–Kier alpha value is -2.87. The van der Waals surface area contributed by atoms with E-state index in [1.54, 1.807) is 12.3 Å². The number of benzene rings is 1. The molecule has 0 unspecified atom stereocenters. The molecule has 0 aliphatic carbocycles. The van der Waals surface area contributed by atoms with Crippen molar-refractivity contribution in [2.45, 2.75) is 0 Å². The Labute approximate surface area is 129 Å². The molecule has 2 aromatic rings. The Morgan fingerprint density at radius 3 is 2.73 bits per heavy atom. The molecule has 0 aliphatic heterocycles. The van der Waals surface area contributed by atoms with E-state index in [4.69, 9.17) is 16.3 Å². The highest BCUT2D eigenvalue weighted by molar-refractivity contribution is 6.34. The molecule has 2 N–H and O–H groups in total. The first-order valence-corrected chi connectivity index (χ1v) is 6.39. The average molecular weight is 324 g/mol. The second kappa shape index (κ2) is 6.72. The summed E-state index contributed by atoms with van der Waals surface area (Å²) in [5.74, 6) is -1.29. The van der Waals surface area contributed by atoms with Gasteiger partial charge in [-0.05, 0) is 18.2 Å². The van der Waals surface area contributed by atoms with Crippen LogP contribution in [0.25, 0.3) is 0 Å². The molecule has 1 aromatic carbocycles.